The minimum Gasteiger partial charge on any atom is -0.495 e. The van der Waals surface area contributed by atoms with Crippen molar-refractivity contribution in [1.82, 2.24) is 5.32 Å². The fourth-order valence-electron chi connectivity index (χ4n) is 4.13. The van der Waals surface area contributed by atoms with Gasteiger partial charge >= 0.3 is 5.97 Å². The fourth-order valence-corrected chi connectivity index (χ4v) is 5.13. The highest BCUT2D eigenvalue weighted by molar-refractivity contribution is 9.10. The van der Waals surface area contributed by atoms with Gasteiger partial charge in [0.15, 0.2) is 5.78 Å². The number of carbonyl (C=O) groups is 2. The summed E-state index contributed by atoms with van der Waals surface area (Å²) in [6, 6.07) is 10.8. The van der Waals surface area contributed by atoms with Crippen LogP contribution in [0.4, 0.5) is 0 Å². The Hall–Kier alpha value is -2.57. The maximum atomic E-state index is 13.5. The summed E-state index contributed by atoms with van der Waals surface area (Å²) in [5.74, 6) is -0.798. The Bertz CT molecular complexity index is 1150. The van der Waals surface area contributed by atoms with E-state index in [1.54, 1.807) is 39.2 Å². The molecule has 5 nitrogen and oxygen atoms in total. The molecule has 154 valence electrons. The van der Waals surface area contributed by atoms with E-state index in [-0.39, 0.29) is 12.4 Å². The average Bonchev–Trinajstić information content (AvgIpc) is 2.99. The van der Waals surface area contributed by atoms with E-state index in [1.165, 1.54) is 0 Å². The molecule has 1 heterocycles. The molecule has 2 aromatic carbocycles. The van der Waals surface area contributed by atoms with Crippen molar-refractivity contribution in [1.29, 1.82) is 0 Å². The highest BCUT2D eigenvalue weighted by Gasteiger charge is 2.44. The molecule has 30 heavy (non-hydrogen) atoms. The number of esters is 1. The predicted molar refractivity (Wildman–Crippen MR) is 119 cm³/mol. The number of dihydropyridines is 1. The molecule has 7 heteroatoms. The van der Waals surface area contributed by atoms with Crippen molar-refractivity contribution in [3.05, 3.63) is 79.4 Å². The largest absolute Gasteiger partial charge is 0.495 e. The Morgan fingerprint density at radius 2 is 1.93 bits per heavy atom. The maximum absolute atomic E-state index is 13.5. The molecule has 4 rings (SSSR count). The average molecular weight is 489 g/mol. The van der Waals surface area contributed by atoms with Gasteiger partial charge in [0.25, 0.3) is 0 Å². The maximum Gasteiger partial charge on any atom is 0.336 e. The molecule has 2 aromatic rings. The molecule has 0 spiro atoms. The molecule has 2 aliphatic rings. The molecule has 1 N–H and O–H groups in total. The lowest BCUT2D eigenvalue weighted by Gasteiger charge is -2.30. The number of hydrogen-bond donors (Lipinski definition) is 1. The summed E-state index contributed by atoms with van der Waals surface area (Å²) in [7, 11) is 1.54. The number of hydrogen-bond acceptors (Lipinski definition) is 5. The van der Waals surface area contributed by atoms with Gasteiger partial charge in [-0.25, -0.2) is 4.79 Å². The van der Waals surface area contributed by atoms with E-state index in [0.717, 1.165) is 5.56 Å². The van der Waals surface area contributed by atoms with E-state index >= 15 is 0 Å². The first-order valence-electron chi connectivity index (χ1n) is 9.45. The Balaban J connectivity index is 2.02. The molecular formula is C23H19BrClNO4. The lowest BCUT2D eigenvalue weighted by atomic mass is 9.79. The summed E-state index contributed by atoms with van der Waals surface area (Å²) >= 11 is 9.84. The van der Waals surface area contributed by atoms with Crippen molar-refractivity contribution in [2.24, 2.45) is 0 Å². The normalized spacial score (nSPS) is 17.5. The van der Waals surface area contributed by atoms with Crippen LogP contribution in [0.1, 0.15) is 41.3 Å². The lowest BCUT2D eigenvalue weighted by Crippen LogP contribution is -2.29. The van der Waals surface area contributed by atoms with E-state index in [0.29, 0.717) is 48.9 Å². The zero-order valence-corrected chi connectivity index (χ0v) is 19.0. The third kappa shape index (κ3) is 3.15. The van der Waals surface area contributed by atoms with Crippen molar-refractivity contribution < 1.29 is 19.1 Å². The topological polar surface area (TPSA) is 64.6 Å². The van der Waals surface area contributed by atoms with Crippen LogP contribution in [-0.2, 0) is 9.53 Å². The van der Waals surface area contributed by atoms with Crippen LogP contribution in [0.2, 0.25) is 5.02 Å². The van der Waals surface area contributed by atoms with Crippen molar-refractivity contribution in [3.63, 3.8) is 0 Å². The number of fused-ring (bicyclic) bond motifs is 2. The Kier molecular flexibility index (Phi) is 5.47. The van der Waals surface area contributed by atoms with Gasteiger partial charge in [0.2, 0.25) is 0 Å². The van der Waals surface area contributed by atoms with Crippen LogP contribution in [0.25, 0.3) is 5.70 Å². The smallest absolute Gasteiger partial charge is 0.336 e. The highest BCUT2D eigenvalue weighted by Crippen LogP contribution is 2.50. The summed E-state index contributed by atoms with van der Waals surface area (Å²) in [5.41, 5.74) is 4.20. The molecule has 0 bridgehead atoms. The zero-order chi connectivity index (χ0) is 21.6. The fraction of sp³-hybridized carbons (Fsp3) is 0.217. The molecule has 0 fully saturated rings. The molecule has 1 atom stereocenters. The van der Waals surface area contributed by atoms with Crippen LogP contribution in [-0.4, -0.2) is 25.5 Å². The zero-order valence-electron chi connectivity index (χ0n) is 16.6. The summed E-state index contributed by atoms with van der Waals surface area (Å²) in [4.78, 5) is 26.4. The minimum atomic E-state index is -0.690. The number of ether oxygens (including phenoxy) is 2. The number of Topliss-reactive ketones (excluding diaryl/α,β-unsaturated/α-hetero) is 1. The number of rotatable bonds is 4. The van der Waals surface area contributed by atoms with Gasteiger partial charge in [-0.3, -0.25) is 4.79 Å². The van der Waals surface area contributed by atoms with Crippen molar-refractivity contribution >= 4 is 45.0 Å². The molecular weight excluding hydrogens is 470 g/mol. The quantitative estimate of drug-likeness (QED) is 0.596. The van der Waals surface area contributed by atoms with E-state index < -0.39 is 11.9 Å². The molecule has 0 unspecified atom stereocenters. The van der Waals surface area contributed by atoms with E-state index in [4.69, 9.17) is 21.1 Å². The van der Waals surface area contributed by atoms with Crippen LogP contribution >= 0.6 is 27.5 Å². The van der Waals surface area contributed by atoms with E-state index in [9.17, 15) is 9.59 Å². The van der Waals surface area contributed by atoms with Gasteiger partial charge in [-0.05, 0) is 41.9 Å². The highest BCUT2D eigenvalue weighted by atomic mass is 79.9. The number of halogens is 2. The molecule has 1 aliphatic heterocycles. The number of benzene rings is 2. The number of allylic oxidation sites excluding steroid dienone is 2. The van der Waals surface area contributed by atoms with Crippen LogP contribution in [0, 0.1) is 0 Å². The first-order chi connectivity index (χ1) is 14.4. The SMILES string of the molecule is CCOC(=O)C1=C(C)NC2=C(C(=O)c3ccccc32)[C@@H]1c1cc(Cl)cc(Br)c1OC. The number of carbonyl (C=O) groups excluding carboxylic acids is 2. The number of ketones is 1. The summed E-state index contributed by atoms with van der Waals surface area (Å²) in [5, 5.41) is 3.73. The standard InChI is InChI=1S/C23H19BrClNO4/c1-4-30-23(28)17-11(2)26-20-13-7-5-6-8-14(13)21(27)19(20)18(17)15-9-12(25)10-16(24)22(15)29-3/h5-10,18,26H,4H2,1-3H3/t18-/m1/s1. The second kappa shape index (κ2) is 7.93. The third-order valence-electron chi connectivity index (χ3n) is 5.30. The van der Waals surface area contributed by atoms with Crippen molar-refractivity contribution in [3.8, 4) is 5.75 Å². The Morgan fingerprint density at radius 3 is 2.60 bits per heavy atom. The molecule has 0 amide bonds. The predicted octanol–water partition coefficient (Wildman–Crippen LogP) is 5.24. The van der Waals surface area contributed by atoms with Gasteiger partial charge in [-0.2, -0.15) is 0 Å². The van der Waals surface area contributed by atoms with Gasteiger partial charge in [0.05, 0.1) is 35.4 Å². The lowest BCUT2D eigenvalue weighted by molar-refractivity contribution is -0.138. The molecule has 0 saturated carbocycles. The molecule has 0 aromatic heterocycles. The van der Waals surface area contributed by atoms with Crippen LogP contribution < -0.4 is 10.1 Å². The van der Waals surface area contributed by atoms with E-state index in [2.05, 4.69) is 21.2 Å². The van der Waals surface area contributed by atoms with Crippen LogP contribution in [0.3, 0.4) is 0 Å². The van der Waals surface area contributed by atoms with E-state index in [1.807, 2.05) is 18.2 Å². The van der Waals surface area contributed by atoms with Gasteiger partial charge < -0.3 is 14.8 Å². The Morgan fingerprint density at radius 1 is 1.23 bits per heavy atom. The molecule has 0 radical (unpaired) electrons. The van der Waals surface area contributed by atoms with Crippen LogP contribution in [0.15, 0.2) is 57.7 Å². The summed E-state index contributed by atoms with van der Waals surface area (Å²) < 4.78 is 11.6. The minimum absolute atomic E-state index is 0.134. The number of methoxy groups -OCH3 is 1. The van der Waals surface area contributed by atoms with Gasteiger partial charge in [-0.15, -0.1) is 0 Å². The van der Waals surface area contributed by atoms with Crippen molar-refractivity contribution in [2.45, 2.75) is 19.8 Å². The van der Waals surface area contributed by atoms with Gasteiger partial charge in [-0.1, -0.05) is 35.9 Å². The van der Waals surface area contributed by atoms with Crippen molar-refractivity contribution in [2.75, 3.05) is 13.7 Å². The third-order valence-corrected chi connectivity index (χ3v) is 6.10. The number of nitrogens with one attached hydrogen (secondary N) is 1. The van der Waals surface area contributed by atoms with Gasteiger partial charge in [0.1, 0.15) is 5.75 Å². The second-order valence-electron chi connectivity index (χ2n) is 6.99. The van der Waals surface area contributed by atoms with Gasteiger partial charge in [0, 0.05) is 33.0 Å². The first-order valence-corrected chi connectivity index (χ1v) is 10.6. The summed E-state index contributed by atoms with van der Waals surface area (Å²) in [6.07, 6.45) is 0. The Labute approximate surface area is 187 Å². The monoisotopic (exact) mass is 487 g/mol. The molecule has 0 saturated heterocycles. The summed E-state index contributed by atoms with van der Waals surface area (Å²) in [6.45, 7) is 3.77. The second-order valence-corrected chi connectivity index (χ2v) is 8.28. The first kappa shape index (κ1) is 20.7. The van der Waals surface area contributed by atoms with Crippen LogP contribution in [0.5, 0.6) is 5.75 Å². The molecule has 1 aliphatic carbocycles.